The van der Waals surface area contributed by atoms with E-state index in [-0.39, 0.29) is 45.7 Å². The molecule has 49 heavy (non-hydrogen) atoms. The van der Waals surface area contributed by atoms with Gasteiger partial charge in [-0.2, -0.15) is 0 Å². The number of rotatable bonds is 3. The van der Waals surface area contributed by atoms with Gasteiger partial charge in [0.2, 0.25) is 20.9 Å². The Labute approximate surface area is 278 Å². The third kappa shape index (κ3) is 5.39. The number of nitrogens with one attached hydrogen (secondary N) is 1. The van der Waals surface area contributed by atoms with E-state index in [9.17, 15) is 27.5 Å². The van der Waals surface area contributed by atoms with E-state index in [4.69, 9.17) is 9.47 Å². The Morgan fingerprint density at radius 1 is 1.06 bits per heavy atom. The van der Waals surface area contributed by atoms with Crippen molar-refractivity contribution < 1.29 is 45.8 Å². The van der Waals surface area contributed by atoms with Crippen LogP contribution < -0.4 is 15.0 Å². The highest BCUT2D eigenvalue weighted by atomic mass is 32.2. The van der Waals surface area contributed by atoms with Gasteiger partial charge in [-0.05, 0) is 64.1 Å². The molecule has 2 aromatic carbocycles. The average Bonchev–Trinajstić information content (AvgIpc) is 3.25. The molecule has 0 radical (unpaired) electrons. The molecule has 4 atom stereocenters. The predicted molar refractivity (Wildman–Crippen MR) is 171 cm³/mol. The number of carboxylic acid groups (broad SMARTS) is 1. The number of carbonyl (C=O) groups is 2. The number of hydrogen-bond donors (Lipinski definition) is 2. The van der Waals surface area contributed by atoms with Crippen LogP contribution in [0.3, 0.4) is 0 Å². The monoisotopic (exact) mass is 700 g/mol. The third-order valence-electron chi connectivity index (χ3n) is 8.93. The number of pyridine rings is 1. The van der Waals surface area contributed by atoms with Crippen LogP contribution in [0.4, 0.5) is 34.3 Å². The maximum absolute atomic E-state index is 17.0. The lowest BCUT2D eigenvalue weighted by Gasteiger charge is -2.47. The van der Waals surface area contributed by atoms with E-state index in [1.54, 1.807) is 32.6 Å². The van der Waals surface area contributed by atoms with Crippen LogP contribution in [-0.2, 0) is 14.6 Å². The number of nitrogens with zero attached hydrogens (tertiary/aromatic N) is 5. The second kappa shape index (κ2) is 11.0. The van der Waals surface area contributed by atoms with Crippen LogP contribution in [0.25, 0.3) is 32.9 Å². The highest BCUT2D eigenvalue weighted by Gasteiger charge is 2.53. The van der Waals surface area contributed by atoms with Crippen molar-refractivity contribution in [3.8, 4) is 17.1 Å². The minimum Gasteiger partial charge on any atom is -0.472 e. The summed E-state index contributed by atoms with van der Waals surface area (Å²) >= 11 is 0. The van der Waals surface area contributed by atoms with E-state index in [1.165, 1.54) is 23.1 Å². The summed E-state index contributed by atoms with van der Waals surface area (Å²) in [6.07, 6.45) is -0.867. The Morgan fingerprint density at radius 2 is 1.80 bits per heavy atom. The summed E-state index contributed by atoms with van der Waals surface area (Å²) in [5, 5.41) is 11.5. The first-order valence-electron chi connectivity index (χ1n) is 15.4. The first-order valence-corrected chi connectivity index (χ1v) is 17.3. The lowest BCUT2D eigenvalue weighted by atomic mass is 9.98. The second-order valence-corrected chi connectivity index (χ2v) is 15.4. The number of piperazine rings is 1. The third-order valence-corrected chi connectivity index (χ3v) is 9.78. The molecule has 258 valence electrons. The fraction of sp³-hybridized carbons (Fsp3) is 0.406. The van der Waals surface area contributed by atoms with Gasteiger partial charge in [0, 0.05) is 29.4 Å². The quantitative estimate of drug-likeness (QED) is 0.260. The Bertz CT molecular complexity index is 2210. The zero-order valence-electron chi connectivity index (χ0n) is 26.9. The fourth-order valence-electron chi connectivity index (χ4n) is 7.14. The van der Waals surface area contributed by atoms with E-state index in [1.807, 2.05) is 0 Å². The zero-order chi connectivity index (χ0) is 35.3. The number of ether oxygens (including phenoxy) is 2. The molecular weight excluding hydrogens is 669 g/mol. The summed E-state index contributed by atoms with van der Waals surface area (Å²) in [6.45, 7) is 6.75. The van der Waals surface area contributed by atoms with E-state index < -0.39 is 85.7 Å². The van der Waals surface area contributed by atoms with Crippen molar-refractivity contribution in [2.24, 2.45) is 0 Å². The summed E-state index contributed by atoms with van der Waals surface area (Å²) < 4.78 is 84.6. The molecular formula is C32H31F3N6O7S. The number of benzene rings is 2. The maximum atomic E-state index is 17.0. The molecule has 2 fully saturated rings. The lowest BCUT2D eigenvalue weighted by molar-refractivity contribution is 0.0634. The number of carbonyl (C=O) groups excluding carboxylic acids is 1. The molecule has 3 aliphatic rings. The molecule has 5 heterocycles. The van der Waals surface area contributed by atoms with Crippen LogP contribution in [0.1, 0.15) is 40.5 Å². The number of anilines is 2. The van der Waals surface area contributed by atoms with Gasteiger partial charge in [-0.15, -0.1) is 0 Å². The predicted octanol–water partition coefficient (Wildman–Crippen LogP) is 5.49. The molecule has 4 aromatic rings. The van der Waals surface area contributed by atoms with Gasteiger partial charge in [-0.1, -0.05) is 6.07 Å². The van der Waals surface area contributed by atoms with Crippen LogP contribution in [0.15, 0.2) is 29.4 Å². The van der Waals surface area contributed by atoms with Crippen LogP contribution in [0.5, 0.6) is 5.88 Å². The molecule has 2 N–H and O–H groups in total. The van der Waals surface area contributed by atoms with Crippen LogP contribution >= 0.6 is 0 Å². The first-order chi connectivity index (χ1) is 22.9. The molecule has 3 aliphatic heterocycles. The minimum atomic E-state index is -4.14. The highest BCUT2D eigenvalue weighted by Crippen LogP contribution is 2.47. The number of amides is 2. The van der Waals surface area contributed by atoms with Crippen molar-refractivity contribution in [2.75, 3.05) is 23.0 Å². The van der Waals surface area contributed by atoms with E-state index >= 15 is 8.78 Å². The van der Waals surface area contributed by atoms with Gasteiger partial charge < -0.3 is 19.5 Å². The zero-order valence-corrected chi connectivity index (χ0v) is 27.7. The van der Waals surface area contributed by atoms with Crippen LogP contribution in [0, 0.1) is 17.5 Å². The fourth-order valence-corrected chi connectivity index (χ4v) is 7.65. The number of aromatic nitrogens is 3. The van der Waals surface area contributed by atoms with Gasteiger partial charge in [0.15, 0.2) is 17.5 Å². The van der Waals surface area contributed by atoms with E-state index in [0.717, 1.165) is 12.3 Å². The standard InChI is InChI=1S/C32H31F3N6O7S/c1-13-26-19-9-7-16(41(19)31(43)44)12-40(26)27-21-25(38-29(39-27)49(5,45)46)23(35)24(37-28(21)47-13)17-11-15(36-30(42)48-32(2,3)4)10-14-6-8-18(33)22(34)20(14)17/h6,8,10-11,13,16,19,26H,7,9,12H2,1-5H3,(H,36,42)(H,43,44). The summed E-state index contributed by atoms with van der Waals surface area (Å²) in [5.74, 6) is -3.97. The first kappa shape index (κ1) is 32.6. The van der Waals surface area contributed by atoms with Gasteiger partial charge in [0.25, 0.3) is 0 Å². The van der Waals surface area contributed by atoms with Crippen molar-refractivity contribution in [2.45, 2.75) is 75.5 Å². The number of halogens is 3. The molecule has 2 bridgehead atoms. The van der Waals surface area contributed by atoms with Gasteiger partial charge in [0.05, 0.1) is 18.1 Å². The second-order valence-electron chi connectivity index (χ2n) is 13.5. The molecule has 0 spiro atoms. The minimum absolute atomic E-state index is 0.00269. The summed E-state index contributed by atoms with van der Waals surface area (Å²) in [4.78, 5) is 40.9. The van der Waals surface area contributed by atoms with E-state index in [0.29, 0.717) is 12.8 Å². The van der Waals surface area contributed by atoms with Crippen molar-refractivity contribution in [3.63, 3.8) is 0 Å². The Hall–Kier alpha value is -4.93. The normalized spacial score (nSPS) is 21.7. The molecule has 17 heteroatoms. The van der Waals surface area contributed by atoms with Crippen LogP contribution in [0.2, 0.25) is 0 Å². The Morgan fingerprint density at radius 3 is 2.47 bits per heavy atom. The van der Waals surface area contributed by atoms with Gasteiger partial charge in [-0.25, -0.2) is 46.1 Å². The molecule has 13 nitrogen and oxygen atoms in total. The summed E-state index contributed by atoms with van der Waals surface area (Å²) in [7, 11) is -4.14. The topological polar surface area (TPSA) is 164 Å². The summed E-state index contributed by atoms with van der Waals surface area (Å²) in [5.41, 5.74) is -2.22. The molecule has 0 aliphatic carbocycles. The van der Waals surface area contributed by atoms with Crippen molar-refractivity contribution in [1.29, 1.82) is 0 Å². The number of sulfone groups is 1. The summed E-state index contributed by atoms with van der Waals surface area (Å²) in [6, 6.07) is 2.98. The van der Waals surface area contributed by atoms with Gasteiger partial charge in [-0.3, -0.25) is 10.2 Å². The van der Waals surface area contributed by atoms with Crippen molar-refractivity contribution in [1.82, 2.24) is 19.9 Å². The Kier molecular flexibility index (Phi) is 7.35. The molecule has 0 saturated carbocycles. The SMILES string of the molecule is CC1Oc2nc(-c3cc(NC(=O)OC(C)(C)C)cc4ccc(F)c(F)c34)c(F)c3nc(S(C)(=O)=O)nc(c23)N2CC3CCC(C12)N3C(=O)O. The smallest absolute Gasteiger partial charge is 0.412 e. The molecule has 2 saturated heterocycles. The molecule has 2 amide bonds. The van der Waals surface area contributed by atoms with Crippen molar-refractivity contribution >= 4 is 55.2 Å². The average molecular weight is 701 g/mol. The lowest BCUT2D eigenvalue weighted by Crippen LogP contribution is -2.64. The molecule has 4 unspecified atom stereocenters. The molecule has 7 rings (SSSR count). The Balaban J connectivity index is 1.50. The molecule has 2 aromatic heterocycles. The number of hydrogen-bond acceptors (Lipinski definition) is 10. The largest absolute Gasteiger partial charge is 0.472 e. The van der Waals surface area contributed by atoms with Crippen LogP contribution in [-0.4, -0.2) is 88.2 Å². The number of fused-ring (bicyclic) bond motifs is 6. The van der Waals surface area contributed by atoms with Crippen molar-refractivity contribution in [3.05, 3.63) is 41.7 Å². The maximum Gasteiger partial charge on any atom is 0.412 e. The van der Waals surface area contributed by atoms with E-state index in [2.05, 4.69) is 20.3 Å². The van der Waals surface area contributed by atoms with Gasteiger partial charge >= 0.3 is 12.2 Å². The van der Waals surface area contributed by atoms with Gasteiger partial charge in [0.1, 0.15) is 34.1 Å². The highest BCUT2D eigenvalue weighted by molar-refractivity contribution is 7.90.